The molecule has 1 rings (SSSR count). The zero-order valence-corrected chi connectivity index (χ0v) is 7.50. The average Bonchev–Trinajstić information content (AvgIpc) is 1.98. The number of hydrogen-bond donors (Lipinski definition) is 0. The Morgan fingerprint density at radius 1 is 1.75 bits per heavy atom. The van der Waals surface area contributed by atoms with E-state index >= 15 is 0 Å². The first-order valence-corrected chi connectivity index (χ1v) is 4.10. The molecule has 0 aromatic heterocycles. The summed E-state index contributed by atoms with van der Waals surface area (Å²) in [6.07, 6.45) is 4.03. The van der Waals surface area contributed by atoms with Crippen LogP contribution in [0.15, 0.2) is 12.2 Å². The van der Waals surface area contributed by atoms with E-state index in [0.29, 0.717) is 6.61 Å². The summed E-state index contributed by atoms with van der Waals surface area (Å²) in [5.74, 6) is -0.297. The highest BCUT2D eigenvalue weighted by Crippen LogP contribution is 2.25. The van der Waals surface area contributed by atoms with Crippen molar-refractivity contribution in [3.05, 3.63) is 12.2 Å². The molecule has 0 aromatic rings. The molecule has 68 valence electrons. The molecule has 0 saturated carbocycles. The predicted molar refractivity (Wildman–Crippen MR) is 44.7 cm³/mol. The number of esters is 1. The van der Waals surface area contributed by atoms with Crippen LogP contribution in [0.2, 0.25) is 0 Å². The molecule has 3 nitrogen and oxygen atoms in total. The lowest BCUT2D eigenvalue weighted by atomic mass is 9.99. The summed E-state index contributed by atoms with van der Waals surface area (Å²) in [6, 6.07) is 0. The largest absolute Gasteiger partial charge is 0.459 e. The van der Waals surface area contributed by atoms with Gasteiger partial charge in [0.15, 0.2) is 0 Å². The quantitative estimate of drug-likeness (QED) is 0.473. The molecule has 1 aliphatic rings. The third kappa shape index (κ3) is 2.34. The normalized spacial score (nSPS) is 28.5. The molecule has 0 aliphatic carbocycles. The highest BCUT2D eigenvalue weighted by molar-refractivity contribution is 5.81. The molecule has 3 heteroatoms. The molecule has 1 saturated heterocycles. The van der Waals surface area contributed by atoms with Crippen LogP contribution in [0.4, 0.5) is 0 Å². The molecule has 1 atom stereocenters. The summed E-state index contributed by atoms with van der Waals surface area (Å²) in [5.41, 5.74) is -0.225. The molecule has 1 aliphatic heterocycles. The molecule has 0 spiro atoms. The van der Waals surface area contributed by atoms with Gasteiger partial charge in [0.2, 0.25) is 0 Å². The molecule has 0 radical (unpaired) electrons. The number of rotatable bonds is 3. The van der Waals surface area contributed by atoms with E-state index in [1.54, 1.807) is 13.0 Å². The molecule has 0 amide bonds. The summed E-state index contributed by atoms with van der Waals surface area (Å²) in [5, 5.41) is 0. The molecule has 1 unspecified atom stereocenters. The number of allylic oxidation sites excluding steroid dienone is 1. The van der Waals surface area contributed by atoms with Crippen molar-refractivity contribution in [2.24, 2.45) is 0 Å². The summed E-state index contributed by atoms with van der Waals surface area (Å²) >= 11 is 0. The van der Waals surface area contributed by atoms with E-state index in [1.807, 2.05) is 6.92 Å². The SMILES string of the molecule is CC=CC(=O)OCC1(C)CCO1. The van der Waals surface area contributed by atoms with Crippen molar-refractivity contribution in [3.63, 3.8) is 0 Å². The van der Waals surface area contributed by atoms with E-state index in [-0.39, 0.29) is 11.6 Å². The second-order valence-corrected chi connectivity index (χ2v) is 3.16. The summed E-state index contributed by atoms with van der Waals surface area (Å²) in [6.45, 7) is 4.86. The van der Waals surface area contributed by atoms with Gasteiger partial charge in [-0.15, -0.1) is 0 Å². The van der Waals surface area contributed by atoms with Crippen LogP contribution in [0.5, 0.6) is 0 Å². The lowest BCUT2D eigenvalue weighted by molar-refractivity contribution is -0.177. The van der Waals surface area contributed by atoms with Gasteiger partial charge in [0.05, 0.1) is 6.61 Å². The van der Waals surface area contributed by atoms with Crippen molar-refractivity contribution in [1.82, 2.24) is 0 Å². The first-order chi connectivity index (χ1) is 5.66. The van der Waals surface area contributed by atoms with Crippen LogP contribution in [-0.4, -0.2) is 24.8 Å². The van der Waals surface area contributed by atoms with Crippen LogP contribution in [0.3, 0.4) is 0 Å². The predicted octanol–water partition coefficient (Wildman–Crippen LogP) is 1.28. The van der Waals surface area contributed by atoms with Gasteiger partial charge in [-0.05, 0) is 13.8 Å². The van der Waals surface area contributed by atoms with Gasteiger partial charge >= 0.3 is 5.97 Å². The zero-order chi connectivity index (χ0) is 9.03. The van der Waals surface area contributed by atoms with E-state index in [9.17, 15) is 4.79 Å². The zero-order valence-electron chi connectivity index (χ0n) is 7.50. The van der Waals surface area contributed by atoms with Crippen molar-refractivity contribution in [1.29, 1.82) is 0 Å². The van der Waals surface area contributed by atoms with Crippen LogP contribution in [0.25, 0.3) is 0 Å². The van der Waals surface area contributed by atoms with E-state index in [4.69, 9.17) is 9.47 Å². The van der Waals surface area contributed by atoms with E-state index in [1.165, 1.54) is 6.08 Å². The molecule has 12 heavy (non-hydrogen) atoms. The summed E-state index contributed by atoms with van der Waals surface area (Å²) < 4.78 is 10.2. The van der Waals surface area contributed by atoms with Crippen LogP contribution < -0.4 is 0 Å². The van der Waals surface area contributed by atoms with E-state index in [2.05, 4.69) is 0 Å². The first kappa shape index (κ1) is 9.26. The monoisotopic (exact) mass is 170 g/mol. The smallest absolute Gasteiger partial charge is 0.330 e. The molecule has 1 fully saturated rings. The second-order valence-electron chi connectivity index (χ2n) is 3.16. The minimum Gasteiger partial charge on any atom is -0.459 e. The summed E-state index contributed by atoms with van der Waals surface area (Å²) in [7, 11) is 0. The lowest BCUT2D eigenvalue weighted by Gasteiger charge is -2.37. The number of hydrogen-bond acceptors (Lipinski definition) is 3. The molecular formula is C9H14O3. The first-order valence-electron chi connectivity index (χ1n) is 4.10. The highest BCUT2D eigenvalue weighted by Gasteiger charge is 2.34. The van der Waals surface area contributed by atoms with E-state index in [0.717, 1.165) is 13.0 Å². The Labute approximate surface area is 72.4 Å². The van der Waals surface area contributed by atoms with Crippen molar-refractivity contribution in [2.75, 3.05) is 13.2 Å². The van der Waals surface area contributed by atoms with Crippen LogP contribution in [-0.2, 0) is 14.3 Å². The molecule has 1 heterocycles. The van der Waals surface area contributed by atoms with Gasteiger partial charge in [-0.2, -0.15) is 0 Å². The van der Waals surface area contributed by atoms with Gasteiger partial charge in [-0.25, -0.2) is 4.79 Å². The Morgan fingerprint density at radius 3 is 2.83 bits per heavy atom. The number of ether oxygens (including phenoxy) is 2. The van der Waals surface area contributed by atoms with Gasteiger partial charge < -0.3 is 9.47 Å². The van der Waals surface area contributed by atoms with E-state index < -0.39 is 0 Å². The van der Waals surface area contributed by atoms with Crippen molar-refractivity contribution in [3.8, 4) is 0 Å². The average molecular weight is 170 g/mol. The van der Waals surface area contributed by atoms with Crippen molar-refractivity contribution < 1.29 is 14.3 Å². The number of carbonyl (C=O) groups excluding carboxylic acids is 1. The van der Waals surface area contributed by atoms with Crippen molar-refractivity contribution in [2.45, 2.75) is 25.9 Å². The topological polar surface area (TPSA) is 35.5 Å². The maximum absolute atomic E-state index is 10.9. The van der Waals surface area contributed by atoms with Gasteiger partial charge in [-0.1, -0.05) is 6.08 Å². The third-order valence-corrected chi connectivity index (χ3v) is 1.90. The fourth-order valence-corrected chi connectivity index (χ4v) is 0.972. The Hall–Kier alpha value is -0.830. The fourth-order valence-electron chi connectivity index (χ4n) is 0.972. The van der Waals surface area contributed by atoms with Crippen molar-refractivity contribution >= 4 is 5.97 Å². The van der Waals surface area contributed by atoms with Gasteiger partial charge in [-0.3, -0.25) is 0 Å². The van der Waals surface area contributed by atoms with Crippen LogP contribution >= 0.6 is 0 Å². The van der Waals surface area contributed by atoms with Gasteiger partial charge in [0, 0.05) is 12.5 Å². The molecule has 0 bridgehead atoms. The molecule has 0 aromatic carbocycles. The second kappa shape index (κ2) is 3.72. The Kier molecular flexibility index (Phi) is 2.87. The van der Waals surface area contributed by atoms with Crippen LogP contribution in [0.1, 0.15) is 20.3 Å². The minimum atomic E-state index is -0.297. The number of carbonyl (C=O) groups is 1. The van der Waals surface area contributed by atoms with Crippen LogP contribution in [0, 0.1) is 0 Å². The minimum absolute atomic E-state index is 0.225. The Balaban J connectivity index is 2.20. The van der Waals surface area contributed by atoms with Gasteiger partial charge in [0.25, 0.3) is 0 Å². The lowest BCUT2D eigenvalue weighted by Crippen LogP contribution is -2.45. The Bertz CT molecular complexity index is 192. The fraction of sp³-hybridized carbons (Fsp3) is 0.667. The molecular weight excluding hydrogens is 156 g/mol. The maximum Gasteiger partial charge on any atom is 0.330 e. The van der Waals surface area contributed by atoms with Gasteiger partial charge in [0.1, 0.15) is 12.2 Å². The molecule has 0 N–H and O–H groups in total. The maximum atomic E-state index is 10.9. The third-order valence-electron chi connectivity index (χ3n) is 1.90. The Morgan fingerprint density at radius 2 is 2.42 bits per heavy atom. The standard InChI is InChI=1S/C9H14O3/c1-3-4-8(10)11-7-9(2)5-6-12-9/h3-4H,5-7H2,1-2H3. The summed E-state index contributed by atoms with van der Waals surface area (Å²) in [4.78, 5) is 10.9. The highest BCUT2D eigenvalue weighted by atomic mass is 16.6.